The minimum atomic E-state index is -1.52. The number of hydrogen-bond acceptors (Lipinski definition) is 7. The highest BCUT2D eigenvalue weighted by Crippen LogP contribution is 2.16. The number of hydrogen-bond donors (Lipinski definition) is 1. The summed E-state index contributed by atoms with van der Waals surface area (Å²) in [6, 6.07) is 0. The number of esters is 2. The first-order valence-electron chi connectivity index (χ1n) is 31.1. The Morgan fingerprint density at radius 1 is 0.390 bits per heavy atom. The largest absolute Gasteiger partial charge is 0.477 e. The van der Waals surface area contributed by atoms with Crippen LogP contribution in [0.2, 0.25) is 0 Å². The van der Waals surface area contributed by atoms with Gasteiger partial charge in [0.05, 0.1) is 34.4 Å². The summed E-state index contributed by atoms with van der Waals surface area (Å²) in [5.41, 5.74) is 0. The van der Waals surface area contributed by atoms with Gasteiger partial charge in [0.15, 0.2) is 6.10 Å². The summed E-state index contributed by atoms with van der Waals surface area (Å²) in [6.07, 6.45) is 77.6. The first-order chi connectivity index (χ1) is 37.6. The van der Waals surface area contributed by atoms with Crippen LogP contribution in [0.15, 0.2) is 109 Å². The van der Waals surface area contributed by atoms with E-state index in [1.54, 1.807) is 0 Å². The van der Waals surface area contributed by atoms with Crippen molar-refractivity contribution in [1.82, 2.24) is 0 Å². The zero-order valence-corrected chi connectivity index (χ0v) is 50.1. The van der Waals surface area contributed by atoms with Crippen LogP contribution >= 0.6 is 0 Å². The van der Waals surface area contributed by atoms with E-state index in [1.807, 2.05) is 21.1 Å². The molecule has 0 fully saturated rings. The van der Waals surface area contributed by atoms with Gasteiger partial charge in [0, 0.05) is 12.8 Å². The SMILES string of the molecule is CC/C=C\C/C=C\C/C=C\C/C=C\C/C=C\CCCCCCCCCCCCCCCCCCCCCC(=O)OC(COC(=O)CCCCCC/C=C\C/C=C\C/C=C\C/C=C\CC)COC(OCC[N+](C)(C)C)C(=O)O. The minimum absolute atomic E-state index is 0.180. The number of aliphatic carboxylic acids is 1. The van der Waals surface area contributed by atoms with Gasteiger partial charge in [-0.3, -0.25) is 9.59 Å². The van der Waals surface area contributed by atoms with Gasteiger partial charge in [0.25, 0.3) is 6.29 Å². The Morgan fingerprint density at radius 2 is 0.701 bits per heavy atom. The number of carbonyl (C=O) groups excluding carboxylic acids is 2. The van der Waals surface area contributed by atoms with Gasteiger partial charge in [0.1, 0.15) is 13.2 Å². The third kappa shape index (κ3) is 59.5. The molecule has 0 aromatic carbocycles. The van der Waals surface area contributed by atoms with Crippen molar-refractivity contribution in [2.75, 3.05) is 47.5 Å². The predicted molar refractivity (Wildman–Crippen MR) is 327 cm³/mol. The standard InChI is InChI=1S/C68H115NO8/c1-6-8-10-12-14-16-18-20-22-24-25-26-27-28-29-30-31-32-33-34-35-36-37-38-39-40-41-43-45-47-49-51-53-55-57-59-66(71)77-64(63-76-68(67(72)73)74-61-60-69(3,4)5)62-75-65(70)58-56-54-52-50-48-46-44-42-23-21-19-17-15-13-11-9-7-2/h8-11,14-17,20-23,25-26,28-29,44,46,64,68H,6-7,12-13,18-19,24,27,30-43,45,47-63H2,1-5H3/p+1/b10-8-,11-9-,16-14-,17-15-,22-20-,23-21-,26-25-,29-28-,46-44-. The molecule has 9 nitrogen and oxygen atoms in total. The molecule has 9 heteroatoms. The van der Waals surface area contributed by atoms with Crippen LogP contribution in [0.4, 0.5) is 0 Å². The lowest BCUT2D eigenvalue weighted by Gasteiger charge is -2.25. The Bertz CT molecular complexity index is 1630. The summed E-state index contributed by atoms with van der Waals surface area (Å²) in [5, 5.41) is 9.71. The smallest absolute Gasteiger partial charge is 0.361 e. The van der Waals surface area contributed by atoms with Crippen LogP contribution in [0.1, 0.15) is 245 Å². The van der Waals surface area contributed by atoms with Gasteiger partial charge in [-0.05, 0) is 96.3 Å². The predicted octanol–water partition coefficient (Wildman–Crippen LogP) is 18.7. The maximum absolute atomic E-state index is 12.9. The molecule has 0 aliphatic rings. The van der Waals surface area contributed by atoms with Gasteiger partial charge in [-0.15, -0.1) is 0 Å². The maximum Gasteiger partial charge on any atom is 0.361 e. The molecule has 1 N–H and O–H groups in total. The van der Waals surface area contributed by atoms with Crippen molar-refractivity contribution in [3.8, 4) is 0 Å². The first-order valence-corrected chi connectivity index (χ1v) is 31.1. The molecule has 0 aromatic heterocycles. The monoisotopic (exact) mass is 1070 g/mol. The van der Waals surface area contributed by atoms with Gasteiger partial charge in [-0.1, -0.05) is 245 Å². The van der Waals surface area contributed by atoms with Crippen LogP contribution in [-0.2, 0) is 33.3 Å². The maximum atomic E-state index is 12.9. The van der Waals surface area contributed by atoms with E-state index < -0.39 is 24.3 Å². The number of unbranched alkanes of at least 4 members (excludes halogenated alkanes) is 23. The van der Waals surface area contributed by atoms with Gasteiger partial charge >= 0.3 is 17.9 Å². The fourth-order valence-electron chi connectivity index (χ4n) is 8.33. The molecule has 0 radical (unpaired) electrons. The van der Waals surface area contributed by atoms with Gasteiger partial charge < -0.3 is 28.5 Å². The summed E-state index contributed by atoms with van der Waals surface area (Å²) >= 11 is 0. The van der Waals surface area contributed by atoms with Crippen LogP contribution in [0, 0.1) is 0 Å². The Kier molecular flexibility index (Phi) is 55.1. The number of likely N-dealkylation sites (N-methyl/N-ethyl adjacent to an activating group) is 1. The number of carboxylic acids is 1. The van der Waals surface area contributed by atoms with Crippen molar-refractivity contribution in [1.29, 1.82) is 0 Å². The molecule has 0 aliphatic carbocycles. The molecule has 440 valence electrons. The quantitative estimate of drug-likeness (QED) is 0.0211. The molecular weight excluding hydrogens is 959 g/mol. The molecule has 2 atom stereocenters. The molecule has 0 saturated carbocycles. The second-order valence-electron chi connectivity index (χ2n) is 21.6. The van der Waals surface area contributed by atoms with Crippen molar-refractivity contribution < 1.29 is 42.9 Å². The molecular formula is C68H116NO8+. The third-order valence-corrected chi connectivity index (χ3v) is 13.0. The molecule has 0 spiro atoms. The minimum Gasteiger partial charge on any atom is -0.477 e. The van der Waals surface area contributed by atoms with Crippen molar-refractivity contribution in [2.24, 2.45) is 0 Å². The Balaban J connectivity index is 4.12. The van der Waals surface area contributed by atoms with Crippen LogP contribution in [0.25, 0.3) is 0 Å². The molecule has 0 heterocycles. The molecule has 0 aliphatic heterocycles. The van der Waals surface area contributed by atoms with E-state index in [0.29, 0.717) is 23.9 Å². The molecule has 0 saturated heterocycles. The van der Waals surface area contributed by atoms with Gasteiger partial charge in [-0.25, -0.2) is 4.79 Å². The summed E-state index contributed by atoms with van der Waals surface area (Å²) < 4.78 is 22.9. The second kappa shape index (κ2) is 58.1. The molecule has 0 aromatic rings. The zero-order chi connectivity index (χ0) is 56.2. The first kappa shape index (κ1) is 73.0. The molecule has 0 amide bonds. The molecule has 0 bridgehead atoms. The number of ether oxygens (including phenoxy) is 4. The lowest BCUT2D eigenvalue weighted by molar-refractivity contribution is -0.870. The van der Waals surface area contributed by atoms with E-state index in [0.717, 1.165) is 96.3 Å². The van der Waals surface area contributed by atoms with E-state index >= 15 is 0 Å². The van der Waals surface area contributed by atoms with E-state index in [-0.39, 0.29) is 38.6 Å². The molecule has 0 rings (SSSR count). The van der Waals surface area contributed by atoms with Crippen molar-refractivity contribution in [2.45, 2.75) is 257 Å². The second-order valence-corrected chi connectivity index (χ2v) is 21.6. The van der Waals surface area contributed by atoms with E-state index in [9.17, 15) is 19.5 Å². The lowest BCUT2D eigenvalue weighted by Crippen LogP contribution is -2.40. The number of carboxylic acid groups (broad SMARTS) is 1. The number of carbonyl (C=O) groups is 3. The Hall–Kier alpha value is -4.05. The Labute approximate surface area is 473 Å². The highest BCUT2D eigenvalue weighted by atomic mass is 16.7. The fraction of sp³-hybridized carbons (Fsp3) is 0.691. The normalized spacial score (nSPS) is 13.5. The summed E-state index contributed by atoms with van der Waals surface area (Å²) in [4.78, 5) is 37.4. The molecule has 77 heavy (non-hydrogen) atoms. The lowest BCUT2D eigenvalue weighted by atomic mass is 10.0. The van der Waals surface area contributed by atoms with Crippen molar-refractivity contribution in [3.05, 3.63) is 109 Å². The molecule has 2 unspecified atom stereocenters. The number of quaternary nitrogens is 1. The highest BCUT2D eigenvalue weighted by molar-refractivity contribution is 5.71. The summed E-state index contributed by atoms with van der Waals surface area (Å²) in [6.45, 7) is 4.62. The highest BCUT2D eigenvalue weighted by Gasteiger charge is 2.25. The summed E-state index contributed by atoms with van der Waals surface area (Å²) in [5.74, 6) is -2.04. The zero-order valence-electron chi connectivity index (χ0n) is 50.1. The average Bonchev–Trinajstić information content (AvgIpc) is 3.40. The number of rotatable bonds is 56. The van der Waals surface area contributed by atoms with Gasteiger partial charge in [0.2, 0.25) is 0 Å². The van der Waals surface area contributed by atoms with E-state index in [4.69, 9.17) is 18.9 Å². The topological polar surface area (TPSA) is 108 Å². The van der Waals surface area contributed by atoms with Crippen molar-refractivity contribution in [3.63, 3.8) is 0 Å². The van der Waals surface area contributed by atoms with E-state index in [1.165, 1.54) is 109 Å². The third-order valence-electron chi connectivity index (χ3n) is 13.0. The van der Waals surface area contributed by atoms with Crippen LogP contribution < -0.4 is 0 Å². The number of allylic oxidation sites excluding steroid dienone is 18. The number of nitrogens with zero attached hydrogens (tertiary/aromatic N) is 1. The van der Waals surface area contributed by atoms with Crippen LogP contribution in [-0.4, -0.2) is 87.4 Å². The van der Waals surface area contributed by atoms with Gasteiger partial charge in [-0.2, -0.15) is 0 Å². The van der Waals surface area contributed by atoms with Crippen molar-refractivity contribution >= 4 is 17.9 Å². The van der Waals surface area contributed by atoms with Crippen LogP contribution in [0.5, 0.6) is 0 Å². The Morgan fingerprint density at radius 3 is 1.04 bits per heavy atom. The van der Waals surface area contributed by atoms with Crippen LogP contribution in [0.3, 0.4) is 0 Å². The average molecular weight is 1080 g/mol. The summed E-state index contributed by atoms with van der Waals surface area (Å²) in [7, 11) is 5.96. The van der Waals surface area contributed by atoms with E-state index in [2.05, 4.69) is 123 Å². The fourth-order valence-corrected chi connectivity index (χ4v) is 8.33.